The smallest absolute Gasteiger partial charge is 0.268 e. The molecule has 0 saturated carbocycles. The van der Waals surface area contributed by atoms with E-state index in [1.54, 1.807) is 24.0 Å². The minimum absolute atomic E-state index is 0.301. The van der Waals surface area contributed by atoms with Crippen LogP contribution in [0.5, 0.6) is 0 Å². The Labute approximate surface area is 117 Å². The number of aromatic nitrogens is 3. The van der Waals surface area contributed by atoms with Crippen molar-refractivity contribution in [3.8, 4) is 10.0 Å². The lowest BCUT2D eigenvalue weighted by Crippen LogP contribution is -2.10. The van der Waals surface area contributed by atoms with E-state index in [0.29, 0.717) is 5.69 Å². The number of carbonyl (C=O) groups excluding carboxylic acids is 1. The fourth-order valence-corrected chi connectivity index (χ4v) is 2.63. The highest BCUT2D eigenvalue weighted by atomic mass is 32.1. The number of amides is 1. The maximum atomic E-state index is 10.7. The quantitative estimate of drug-likeness (QED) is 0.786. The van der Waals surface area contributed by atoms with Crippen LogP contribution < -0.4 is 5.73 Å². The molecule has 96 valence electrons. The van der Waals surface area contributed by atoms with Crippen molar-refractivity contribution >= 4 is 28.6 Å². The summed E-state index contributed by atoms with van der Waals surface area (Å²) in [5, 5.41) is 5.06. The summed E-state index contributed by atoms with van der Waals surface area (Å²) >= 11 is 2.86. The number of nitrogens with zero attached hydrogens (tertiary/aromatic N) is 3. The number of carbonyl (C=O) groups is 1. The van der Waals surface area contributed by atoms with E-state index in [4.69, 9.17) is 5.73 Å². The van der Waals surface area contributed by atoms with Gasteiger partial charge < -0.3 is 5.73 Å². The Morgan fingerprint density at radius 2 is 1.84 bits per heavy atom. The van der Waals surface area contributed by atoms with E-state index >= 15 is 0 Å². The second kappa shape index (κ2) is 6.72. The predicted molar refractivity (Wildman–Crippen MR) is 76.0 cm³/mol. The summed E-state index contributed by atoms with van der Waals surface area (Å²) in [6, 6.07) is 5.72. The van der Waals surface area contributed by atoms with Crippen molar-refractivity contribution < 1.29 is 4.79 Å². The van der Waals surface area contributed by atoms with Crippen LogP contribution in [0.15, 0.2) is 47.5 Å². The normalized spacial score (nSPS) is 9.47. The molecule has 0 aliphatic rings. The molecule has 19 heavy (non-hydrogen) atoms. The minimum Gasteiger partial charge on any atom is -0.364 e. The van der Waals surface area contributed by atoms with Gasteiger partial charge in [0.15, 0.2) is 10.0 Å². The molecule has 0 bridgehead atoms. The van der Waals surface area contributed by atoms with Gasteiger partial charge in [-0.3, -0.25) is 9.78 Å². The Kier molecular flexibility index (Phi) is 4.71. The van der Waals surface area contributed by atoms with Gasteiger partial charge in [0.2, 0.25) is 0 Å². The molecule has 0 saturated heterocycles. The zero-order valence-corrected chi connectivity index (χ0v) is 11.4. The summed E-state index contributed by atoms with van der Waals surface area (Å²) in [5.74, 6) is -0.501. The van der Waals surface area contributed by atoms with E-state index in [1.165, 1.54) is 22.7 Å². The number of primary amides is 1. The van der Waals surface area contributed by atoms with Gasteiger partial charge in [0, 0.05) is 29.4 Å². The van der Waals surface area contributed by atoms with Gasteiger partial charge in [0.25, 0.3) is 5.91 Å². The van der Waals surface area contributed by atoms with Crippen LogP contribution in [-0.2, 0) is 0 Å². The van der Waals surface area contributed by atoms with Crippen LogP contribution >= 0.6 is 22.7 Å². The first-order valence-corrected chi connectivity index (χ1v) is 7.03. The van der Waals surface area contributed by atoms with Gasteiger partial charge >= 0.3 is 0 Å². The maximum Gasteiger partial charge on any atom is 0.268 e. The van der Waals surface area contributed by atoms with Gasteiger partial charge in [-0.05, 0) is 12.1 Å². The van der Waals surface area contributed by atoms with Crippen molar-refractivity contribution in [3.05, 3.63) is 53.2 Å². The second-order valence-corrected chi connectivity index (χ2v) is 5.02. The molecule has 0 unspecified atom stereocenters. The van der Waals surface area contributed by atoms with E-state index in [2.05, 4.69) is 15.0 Å². The Balaban J connectivity index is 0.000000186. The lowest BCUT2D eigenvalue weighted by molar-refractivity contribution is 0.0996. The molecule has 3 heterocycles. The second-order valence-electron chi connectivity index (χ2n) is 3.26. The summed E-state index contributed by atoms with van der Waals surface area (Å²) in [6.07, 6.45) is 5.20. The van der Waals surface area contributed by atoms with Gasteiger partial charge in [-0.2, -0.15) is 0 Å². The Morgan fingerprint density at radius 1 is 1.05 bits per heavy atom. The number of rotatable bonds is 2. The number of hydrogen-bond donors (Lipinski definition) is 1. The molecule has 0 radical (unpaired) electrons. The molecule has 3 aromatic heterocycles. The zero-order valence-electron chi connectivity index (χ0n) is 9.76. The third-order valence-electron chi connectivity index (χ3n) is 1.94. The number of thiazole rings is 2. The van der Waals surface area contributed by atoms with Crippen LogP contribution in [0, 0.1) is 0 Å². The highest BCUT2D eigenvalue weighted by Crippen LogP contribution is 2.24. The lowest BCUT2D eigenvalue weighted by atomic mass is 10.5. The van der Waals surface area contributed by atoms with Crippen molar-refractivity contribution in [1.29, 1.82) is 0 Å². The molecule has 0 aromatic carbocycles. The topological polar surface area (TPSA) is 81.8 Å². The summed E-state index contributed by atoms with van der Waals surface area (Å²) in [4.78, 5) is 22.6. The molecular formula is C12H10N4OS2. The Morgan fingerprint density at radius 3 is 2.26 bits per heavy atom. The first kappa shape index (κ1) is 13.3. The summed E-state index contributed by atoms with van der Waals surface area (Å²) < 4.78 is 0. The number of hydrogen-bond acceptors (Lipinski definition) is 6. The molecule has 0 atom stereocenters. The predicted octanol–water partition coefficient (Wildman–Crippen LogP) is 2.45. The van der Waals surface area contributed by atoms with Crippen LogP contribution in [0.2, 0.25) is 0 Å². The molecule has 7 heteroatoms. The van der Waals surface area contributed by atoms with Gasteiger partial charge in [0.1, 0.15) is 5.69 Å². The first-order chi connectivity index (χ1) is 9.27. The fourth-order valence-electron chi connectivity index (χ4n) is 1.13. The van der Waals surface area contributed by atoms with E-state index in [-0.39, 0.29) is 0 Å². The third-order valence-corrected chi connectivity index (χ3v) is 3.70. The molecule has 2 N–H and O–H groups in total. The average Bonchev–Trinajstić information content (AvgIpc) is 3.12. The summed E-state index contributed by atoms with van der Waals surface area (Å²) in [7, 11) is 0. The minimum atomic E-state index is -0.501. The molecule has 3 aromatic rings. The number of pyridine rings is 1. The van der Waals surface area contributed by atoms with Crippen molar-refractivity contribution in [2.24, 2.45) is 5.73 Å². The summed E-state index contributed by atoms with van der Waals surface area (Å²) in [5.41, 5.74) is 5.37. The first-order valence-electron chi connectivity index (χ1n) is 5.27. The van der Waals surface area contributed by atoms with E-state index < -0.39 is 5.91 Å². The SMILES string of the molecule is NC(=O)c1csc(-c2nccs2)n1.c1ccncc1. The fraction of sp³-hybridized carbons (Fsp3) is 0. The van der Waals surface area contributed by atoms with Crippen LogP contribution in [0.1, 0.15) is 10.5 Å². The van der Waals surface area contributed by atoms with Crippen LogP contribution in [0.25, 0.3) is 10.0 Å². The average molecular weight is 290 g/mol. The highest BCUT2D eigenvalue weighted by Gasteiger charge is 2.09. The van der Waals surface area contributed by atoms with Crippen molar-refractivity contribution in [1.82, 2.24) is 15.0 Å². The molecule has 0 fully saturated rings. The molecule has 1 amide bonds. The monoisotopic (exact) mass is 290 g/mol. The molecule has 5 nitrogen and oxygen atoms in total. The largest absolute Gasteiger partial charge is 0.364 e. The van der Waals surface area contributed by atoms with Crippen molar-refractivity contribution in [3.63, 3.8) is 0 Å². The van der Waals surface area contributed by atoms with Crippen LogP contribution in [-0.4, -0.2) is 20.9 Å². The van der Waals surface area contributed by atoms with Crippen molar-refractivity contribution in [2.75, 3.05) is 0 Å². The highest BCUT2D eigenvalue weighted by molar-refractivity contribution is 7.19. The third kappa shape index (κ3) is 3.94. The van der Waals surface area contributed by atoms with Crippen LogP contribution in [0.3, 0.4) is 0 Å². The van der Waals surface area contributed by atoms with E-state index in [0.717, 1.165) is 10.0 Å². The summed E-state index contributed by atoms with van der Waals surface area (Å²) in [6.45, 7) is 0. The Bertz CT molecular complexity index is 596. The van der Waals surface area contributed by atoms with Gasteiger partial charge in [-0.1, -0.05) is 6.07 Å². The molecule has 3 rings (SSSR count). The van der Waals surface area contributed by atoms with Gasteiger partial charge in [-0.15, -0.1) is 22.7 Å². The van der Waals surface area contributed by atoms with Gasteiger partial charge in [-0.25, -0.2) is 9.97 Å². The zero-order chi connectivity index (χ0) is 13.5. The standard InChI is InChI=1S/C7H5N3OS2.C5H5N/c8-5(11)4-3-13-7(10-4)6-9-1-2-12-6;1-2-4-6-5-3-1/h1-3H,(H2,8,11);1-5H. The van der Waals surface area contributed by atoms with E-state index in [9.17, 15) is 4.79 Å². The molecule has 0 aliphatic carbocycles. The van der Waals surface area contributed by atoms with Crippen LogP contribution in [0.4, 0.5) is 0 Å². The Hall–Kier alpha value is -2.12. The molecule has 0 spiro atoms. The molecule has 0 aliphatic heterocycles. The lowest BCUT2D eigenvalue weighted by Gasteiger charge is -1.85. The molecular weight excluding hydrogens is 280 g/mol. The van der Waals surface area contributed by atoms with Gasteiger partial charge in [0.05, 0.1) is 0 Å². The van der Waals surface area contributed by atoms with Crippen molar-refractivity contribution in [2.45, 2.75) is 0 Å². The number of nitrogens with two attached hydrogens (primary N) is 1. The van der Waals surface area contributed by atoms with E-state index in [1.807, 2.05) is 23.6 Å². The maximum absolute atomic E-state index is 10.7.